The summed E-state index contributed by atoms with van der Waals surface area (Å²) in [5, 5.41) is -0.474. The molecule has 18 heavy (non-hydrogen) atoms. The van der Waals surface area contributed by atoms with Crippen molar-refractivity contribution in [2.45, 2.75) is 52.3 Å². The zero-order valence-corrected chi connectivity index (χ0v) is 12.3. The van der Waals surface area contributed by atoms with Gasteiger partial charge in [-0.3, -0.25) is 4.79 Å². The summed E-state index contributed by atoms with van der Waals surface area (Å²) >= 11 is 5.50. The Kier molecular flexibility index (Phi) is 4.48. The second kappa shape index (κ2) is 5.34. The highest BCUT2D eigenvalue weighted by Crippen LogP contribution is 2.19. The Labute approximate surface area is 113 Å². The van der Waals surface area contributed by atoms with E-state index in [0.29, 0.717) is 13.1 Å². The molecule has 0 saturated carbocycles. The maximum Gasteiger partial charge on any atom is 0.410 e. The molecule has 104 valence electrons. The molecule has 5 nitrogen and oxygen atoms in total. The molecule has 1 rings (SSSR count). The van der Waals surface area contributed by atoms with Gasteiger partial charge in [-0.1, -0.05) is 0 Å². The second-order valence-corrected chi connectivity index (χ2v) is 6.06. The third-order valence-electron chi connectivity index (χ3n) is 2.84. The minimum Gasteiger partial charge on any atom is -0.444 e. The van der Waals surface area contributed by atoms with Crippen molar-refractivity contribution in [3.63, 3.8) is 0 Å². The van der Waals surface area contributed by atoms with Crippen LogP contribution in [0.25, 0.3) is 0 Å². The van der Waals surface area contributed by atoms with Gasteiger partial charge >= 0.3 is 11.5 Å². The zero-order chi connectivity index (χ0) is 14.1. The Morgan fingerprint density at radius 1 is 1.11 bits per heavy atom. The van der Waals surface area contributed by atoms with E-state index >= 15 is 0 Å². The van der Waals surface area contributed by atoms with E-state index < -0.39 is 11.0 Å². The van der Waals surface area contributed by atoms with Crippen molar-refractivity contribution in [1.82, 2.24) is 9.80 Å². The van der Waals surface area contributed by atoms with Crippen molar-refractivity contribution < 1.29 is 14.3 Å². The van der Waals surface area contributed by atoms with Crippen LogP contribution in [0, 0.1) is 0 Å². The molecule has 0 aromatic heterocycles. The molecule has 1 unspecified atom stereocenters. The first-order valence-electron chi connectivity index (χ1n) is 6.07. The molecule has 0 spiro atoms. The summed E-state index contributed by atoms with van der Waals surface area (Å²) < 4.78 is 5.34. The number of carbonyl (C=O) groups is 2. The molecule has 0 aromatic carbocycles. The predicted octanol–water partition coefficient (Wildman–Crippen LogP) is 2.67. The van der Waals surface area contributed by atoms with E-state index in [0.717, 1.165) is 0 Å². The lowest BCUT2D eigenvalue weighted by atomic mass is 10.1. The highest BCUT2D eigenvalue weighted by Gasteiger charge is 2.35. The highest BCUT2D eigenvalue weighted by atomic mass is 35.5. The largest absolute Gasteiger partial charge is 0.444 e. The monoisotopic (exact) mass is 276 g/mol. The van der Waals surface area contributed by atoms with Gasteiger partial charge in [0.05, 0.1) is 0 Å². The molecule has 1 aliphatic rings. The van der Waals surface area contributed by atoms with Crippen LogP contribution >= 0.6 is 11.6 Å². The summed E-state index contributed by atoms with van der Waals surface area (Å²) in [7, 11) is 0. The van der Waals surface area contributed by atoms with E-state index in [9.17, 15) is 9.59 Å². The topological polar surface area (TPSA) is 49.9 Å². The standard InChI is InChI=1S/C12H21ClN2O3/c1-8-7-15(11(17)18-12(3,4)5)9(2)6-14(8)10(13)16/h8-9H,6-7H2,1-5H3/t8?,9-/m0/s1. The van der Waals surface area contributed by atoms with E-state index in [2.05, 4.69) is 0 Å². The second-order valence-electron chi connectivity index (χ2n) is 5.74. The first-order chi connectivity index (χ1) is 8.11. The molecule has 0 bridgehead atoms. The number of halogens is 1. The molecule has 1 saturated heterocycles. The van der Waals surface area contributed by atoms with Crippen LogP contribution in [0.2, 0.25) is 0 Å². The third-order valence-corrected chi connectivity index (χ3v) is 3.06. The molecule has 6 heteroatoms. The van der Waals surface area contributed by atoms with E-state index in [1.54, 1.807) is 9.80 Å². The van der Waals surface area contributed by atoms with Gasteiger partial charge in [-0.15, -0.1) is 0 Å². The number of piperazine rings is 1. The van der Waals surface area contributed by atoms with Crippen molar-refractivity contribution in [1.29, 1.82) is 0 Å². The van der Waals surface area contributed by atoms with E-state index in [-0.39, 0.29) is 18.2 Å². The quantitative estimate of drug-likeness (QED) is 0.505. The van der Waals surface area contributed by atoms with Crippen LogP contribution in [0.15, 0.2) is 0 Å². The van der Waals surface area contributed by atoms with Crippen molar-refractivity contribution in [2.24, 2.45) is 0 Å². The predicted molar refractivity (Wildman–Crippen MR) is 69.8 cm³/mol. The van der Waals surface area contributed by atoms with Crippen molar-refractivity contribution in [2.75, 3.05) is 13.1 Å². The summed E-state index contributed by atoms with van der Waals surface area (Å²) in [5.41, 5.74) is -0.514. The van der Waals surface area contributed by atoms with Gasteiger partial charge in [0.1, 0.15) is 5.60 Å². The summed E-state index contributed by atoms with van der Waals surface area (Å²) in [6, 6.07) is -0.197. The number of ether oxygens (including phenoxy) is 1. The summed E-state index contributed by atoms with van der Waals surface area (Å²) in [5.74, 6) is 0. The zero-order valence-electron chi connectivity index (χ0n) is 11.6. The molecule has 1 fully saturated rings. The fourth-order valence-corrected chi connectivity index (χ4v) is 2.18. The van der Waals surface area contributed by atoms with E-state index in [1.807, 2.05) is 34.6 Å². The first-order valence-corrected chi connectivity index (χ1v) is 6.45. The molecule has 0 N–H and O–H groups in total. The van der Waals surface area contributed by atoms with Crippen LogP contribution in [0.3, 0.4) is 0 Å². The SMILES string of the molecule is CC1CN(C(=O)OC(C)(C)C)[C@@H](C)CN1C(=O)Cl. The fraction of sp³-hybridized carbons (Fsp3) is 0.833. The Bertz CT molecular complexity index is 341. The van der Waals surface area contributed by atoms with Gasteiger partial charge in [0.25, 0.3) is 0 Å². The average molecular weight is 277 g/mol. The van der Waals surface area contributed by atoms with Crippen LogP contribution in [0.1, 0.15) is 34.6 Å². The van der Waals surface area contributed by atoms with E-state index in [4.69, 9.17) is 16.3 Å². The molecular formula is C12H21ClN2O3. The maximum atomic E-state index is 12.0. The fourth-order valence-electron chi connectivity index (χ4n) is 1.95. The van der Waals surface area contributed by atoms with Crippen molar-refractivity contribution >= 4 is 23.1 Å². The number of amides is 2. The Balaban J connectivity index is 2.70. The van der Waals surface area contributed by atoms with Gasteiger partial charge in [0.2, 0.25) is 0 Å². The van der Waals surface area contributed by atoms with Crippen LogP contribution in [-0.2, 0) is 4.74 Å². The minimum absolute atomic E-state index is 0.0984. The maximum absolute atomic E-state index is 12.0. The Hall–Kier alpha value is -0.970. The number of carbonyl (C=O) groups excluding carboxylic acids is 2. The number of hydrogen-bond acceptors (Lipinski definition) is 3. The normalized spacial score (nSPS) is 25.0. The molecule has 2 amide bonds. The molecule has 0 radical (unpaired) electrons. The van der Waals surface area contributed by atoms with Gasteiger partial charge in [-0.05, 0) is 46.2 Å². The average Bonchev–Trinajstić information content (AvgIpc) is 2.17. The Morgan fingerprint density at radius 3 is 2.00 bits per heavy atom. The highest BCUT2D eigenvalue weighted by molar-refractivity contribution is 6.62. The lowest BCUT2D eigenvalue weighted by Crippen LogP contribution is -2.59. The van der Waals surface area contributed by atoms with Crippen LogP contribution < -0.4 is 0 Å². The van der Waals surface area contributed by atoms with Crippen molar-refractivity contribution in [3.8, 4) is 0 Å². The van der Waals surface area contributed by atoms with Gasteiger partial charge in [0.15, 0.2) is 0 Å². The van der Waals surface area contributed by atoms with Crippen LogP contribution in [0.5, 0.6) is 0 Å². The van der Waals surface area contributed by atoms with Gasteiger partial charge in [0, 0.05) is 25.2 Å². The first kappa shape index (κ1) is 15.1. The summed E-state index contributed by atoms with van der Waals surface area (Å²) in [6.45, 7) is 10.1. The minimum atomic E-state index is -0.514. The number of rotatable bonds is 0. The molecular weight excluding hydrogens is 256 g/mol. The smallest absolute Gasteiger partial charge is 0.410 e. The molecule has 0 aliphatic carbocycles. The van der Waals surface area contributed by atoms with Crippen molar-refractivity contribution in [3.05, 3.63) is 0 Å². The molecule has 1 aliphatic heterocycles. The van der Waals surface area contributed by atoms with Gasteiger partial charge in [-0.25, -0.2) is 4.79 Å². The van der Waals surface area contributed by atoms with Crippen LogP contribution in [0.4, 0.5) is 9.59 Å². The number of nitrogens with zero attached hydrogens (tertiary/aromatic N) is 2. The Morgan fingerprint density at radius 2 is 1.56 bits per heavy atom. The summed E-state index contributed by atoms with van der Waals surface area (Å²) in [4.78, 5) is 26.4. The lowest BCUT2D eigenvalue weighted by Gasteiger charge is -2.43. The summed E-state index contributed by atoms with van der Waals surface area (Å²) in [6.07, 6.45) is -0.344. The van der Waals surface area contributed by atoms with E-state index in [1.165, 1.54) is 0 Å². The molecule has 1 heterocycles. The molecule has 0 aromatic rings. The molecule has 2 atom stereocenters. The number of hydrogen-bond donors (Lipinski definition) is 0. The van der Waals surface area contributed by atoms with Gasteiger partial charge in [-0.2, -0.15) is 0 Å². The third kappa shape index (κ3) is 3.77. The lowest BCUT2D eigenvalue weighted by molar-refractivity contribution is -0.00172. The van der Waals surface area contributed by atoms with Crippen LogP contribution in [-0.4, -0.2) is 52.0 Å². The van der Waals surface area contributed by atoms with Gasteiger partial charge < -0.3 is 14.5 Å².